The third-order valence-electron chi connectivity index (χ3n) is 2.54. The number of rotatable bonds is 1. The van der Waals surface area contributed by atoms with Crippen LogP contribution in [-0.2, 0) is 0 Å². The first-order valence-corrected chi connectivity index (χ1v) is 6.45. The Morgan fingerprint density at radius 3 is 2.62 bits per heavy atom. The second-order valence-corrected chi connectivity index (χ2v) is 5.37. The summed E-state index contributed by atoms with van der Waals surface area (Å²) in [6.45, 7) is 2.92. The van der Waals surface area contributed by atoms with E-state index >= 15 is 0 Å². The first kappa shape index (κ1) is 14.3. The molecule has 1 fully saturated rings. The van der Waals surface area contributed by atoms with Crippen LogP contribution in [0.4, 0.5) is 5.69 Å². The first-order chi connectivity index (χ1) is 7.18. The van der Waals surface area contributed by atoms with Crippen LogP contribution in [0.3, 0.4) is 0 Å². The van der Waals surface area contributed by atoms with Gasteiger partial charge in [0, 0.05) is 34.6 Å². The average molecular weight is 372 g/mol. The van der Waals surface area contributed by atoms with Gasteiger partial charge in [0.25, 0.3) is 0 Å². The van der Waals surface area contributed by atoms with E-state index in [1.54, 1.807) is 0 Å². The van der Waals surface area contributed by atoms with Crippen molar-refractivity contribution in [3.05, 3.63) is 26.6 Å². The highest BCUT2D eigenvalue weighted by molar-refractivity contribution is 9.11. The molecule has 0 aliphatic carbocycles. The van der Waals surface area contributed by atoms with Gasteiger partial charge in [-0.15, -0.1) is 12.4 Å². The summed E-state index contributed by atoms with van der Waals surface area (Å²) < 4.78 is 1.99. The molecular weight excluding hydrogens is 357 g/mol. The van der Waals surface area contributed by atoms with Crippen molar-refractivity contribution >= 4 is 50.0 Å². The molecule has 1 aliphatic rings. The normalized spacial score (nSPS) is 20.2. The third kappa shape index (κ3) is 3.11. The Hall–Kier alpha value is 0.190. The molecule has 1 heterocycles. The van der Waals surface area contributed by atoms with Gasteiger partial charge >= 0.3 is 0 Å². The molecule has 0 spiro atoms. The summed E-state index contributed by atoms with van der Waals surface area (Å²) in [5.41, 5.74) is 8.01. The molecular formula is C10H14Br2ClN3. The standard InChI is InChI=1S/C10H13Br2N3.ClH/c11-6-3-7(10(13)8(12)4-6)9-5-14-1-2-15-9;/h3-4,9,14-15H,1-2,5,13H2;1H/t9-;/m1./s1. The van der Waals surface area contributed by atoms with Crippen LogP contribution in [0, 0.1) is 0 Å². The summed E-state index contributed by atoms with van der Waals surface area (Å²) in [5, 5.41) is 6.80. The highest BCUT2D eigenvalue weighted by Crippen LogP contribution is 2.32. The molecule has 1 saturated heterocycles. The van der Waals surface area contributed by atoms with Crippen molar-refractivity contribution in [1.29, 1.82) is 0 Å². The van der Waals surface area contributed by atoms with E-state index in [9.17, 15) is 0 Å². The van der Waals surface area contributed by atoms with Crippen molar-refractivity contribution in [1.82, 2.24) is 10.6 Å². The van der Waals surface area contributed by atoms with Gasteiger partial charge in [0.15, 0.2) is 0 Å². The van der Waals surface area contributed by atoms with E-state index in [0.717, 1.165) is 39.8 Å². The van der Waals surface area contributed by atoms with Gasteiger partial charge in [0.05, 0.1) is 5.69 Å². The van der Waals surface area contributed by atoms with Gasteiger partial charge in [-0.2, -0.15) is 0 Å². The zero-order valence-electron chi connectivity index (χ0n) is 8.59. The van der Waals surface area contributed by atoms with E-state index < -0.39 is 0 Å². The Labute approximate surface area is 118 Å². The van der Waals surface area contributed by atoms with Gasteiger partial charge in [-0.25, -0.2) is 0 Å². The summed E-state index contributed by atoms with van der Waals surface area (Å²) >= 11 is 6.94. The molecule has 4 N–H and O–H groups in total. The van der Waals surface area contributed by atoms with Crippen molar-refractivity contribution in [3.63, 3.8) is 0 Å². The largest absolute Gasteiger partial charge is 0.398 e. The van der Waals surface area contributed by atoms with E-state index in [4.69, 9.17) is 5.73 Å². The minimum Gasteiger partial charge on any atom is -0.398 e. The Morgan fingerprint density at radius 2 is 2.00 bits per heavy atom. The smallest absolute Gasteiger partial charge is 0.0508 e. The van der Waals surface area contributed by atoms with Gasteiger partial charge in [0.1, 0.15) is 0 Å². The van der Waals surface area contributed by atoms with Gasteiger partial charge in [-0.1, -0.05) is 15.9 Å². The molecule has 3 nitrogen and oxygen atoms in total. The number of benzene rings is 1. The van der Waals surface area contributed by atoms with E-state index in [-0.39, 0.29) is 12.4 Å². The minimum absolute atomic E-state index is 0. The molecule has 0 radical (unpaired) electrons. The summed E-state index contributed by atoms with van der Waals surface area (Å²) in [5.74, 6) is 0. The zero-order chi connectivity index (χ0) is 10.8. The van der Waals surface area contributed by atoms with E-state index in [0.29, 0.717) is 6.04 Å². The number of nitrogens with one attached hydrogen (secondary N) is 2. The van der Waals surface area contributed by atoms with Gasteiger partial charge in [-0.05, 0) is 33.6 Å². The van der Waals surface area contributed by atoms with Crippen LogP contribution >= 0.6 is 44.3 Å². The van der Waals surface area contributed by atoms with E-state index in [1.807, 2.05) is 6.07 Å². The van der Waals surface area contributed by atoms with Crippen LogP contribution in [0.25, 0.3) is 0 Å². The molecule has 0 saturated carbocycles. The molecule has 0 unspecified atom stereocenters. The number of nitrogens with two attached hydrogens (primary N) is 1. The van der Waals surface area contributed by atoms with Crippen molar-refractivity contribution < 1.29 is 0 Å². The lowest BCUT2D eigenvalue weighted by atomic mass is 10.0. The average Bonchev–Trinajstić information content (AvgIpc) is 2.24. The monoisotopic (exact) mass is 369 g/mol. The molecule has 1 aromatic rings. The van der Waals surface area contributed by atoms with Crippen LogP contribution in [0.5, 0.6) is 0 Å². The maximum absolute atomic E-state index is 6.05. The number of piperazine rings is 1. The fourth-order valence-electron chi connectivity index (χ4n) is 1.77. The van der Waals surface area contributed by atoms with Crippen molar-refractivity contribution in [2.45, 2.75) is 6.04 Å². The summed E-state index contributed by atoms with van der Waals surface area (Å²) in [4.78, 5) is 0. The third-order valence-corrected chi connectivity index (χ3v) is 3.66. The molecule has 2 rings (SSSR count). The van der Waals surface area contributed by atoms with Crippen molar-refractivity contribution in [3.8, 4) is 0 Å². The van der Waals surface area contributed by atoms with Crippen molar-refractivity contribution in [2.75, 3.05) is 25.4 Å². The molecule has 90 valence electrons. The quantitative estimate of drug-likeness (QED) is 0.665. The number of anilines is 1. The maximum atomic E-state index is 6.05. The number of halogens is 3. The summed E-state index contributed by atoms with van der Waals surface area (Å²) in [7, 11) is 0. The van der Waals surface area contributed by atoms with Crippen LogP contribution in [0.1, 0.15) is 11.6 Å². The number of hydrogen-bond donors (Lipinski definition) is 3. The van der Waals surface area contributed by atoms with E-state index in [2.05, 4.69) is 48.6 Å². The lowest BCUT2D eigenvalue weighted by Crippen LogP contribution is -2.42. The molecule has 1 aromatic carbocycles. The number of nitrogen functional groups attached to an aromatic ring is 1. The Bertz CT molecular complexity index is 367. The molecule has 16 heavy (non-hydrogen) atoms. The zero-order valence-corrected chi connectivity index (χ0v) is 12.6. The second kappa shape index (κ2) is 6.21. The highest BCUT2D eigenvalue weighted by atomic mass is 79.9. The Kier molecular flexibility index (Phi) is 5.53. The molecule has 6 heteroatoms. The topological polar surface area (TPSA) is 50.1 Å². The first-order valence-electron chi connectivity index (χ1n) is 4.87. The van der Waals surface area contributed by atoms with Crippen LogP contribution < -0.4 is 16.4 Å². The van der Waals surface area contributed by atoms with Gasteiger partial charge in [0.2, 0.25) is 0 Å². The predicted molar refractivity (Wildman–Crippen MR) is 77.1 cm³/mol. The Balaban J connectivity index is 0.00000128. The molecule has 0 amide bonds. The maximum Gasteiger partial charge on any atom is 0.0508 e. The minimum atomic E-state index is 0. The van der Waals surface area contributed by atoms with Crippen LogP contribution in [-0.4, -0.2) is 19.6 Å². The van der Waals surface area contributed by atoms with Crippen LogP contribution in [0.15, 0.2) is 21.1 Å². The van der Waals surface area contributed by atoms with Gasteiger partial charge < -0.3 is 16.4 Å². The second-order valence-electron chi connectivity index (χ2n) is 3.60. The molecule has 1 aliphatic heterocycles. The van der Waals surface area contributed by atoms with E-state index in [1.165, 1.54) is 0 Å². The fourth-order valence-corrected chi connectivity index (χ4v) is 3.02. The number of hydrogen-bond acceptors (Lipinski definition) is 3. The van der Waals surface area contributed by atoms with Crippen molar-refractivity contribution in [2.24, 2.45) is 0 Å². The lowest BCUT2D eigenvalue weighted by Gasteiger charge is -2.26. The fraction of sp³-hybridized carbons (Fsp3) is 0.400. The predicted octanol–water partition coefficient (Wildman–Crippen LogP) is 2.45. The summed E-state index contributed by atoms with van der Waals surface area (Å²) in [6, 6.07) is 4.34. The molecule has 1 atom stereocenters. The molecule has 0 bridgehead atoms. The summed E-state index contributed by atoms with van der Waals surface area (Å²) in [6.07, 6.45) is 0. The highest BCUT2D eigenvalue weighted by Gasteiger charge is 2.18. The SMILES string of the molecule is Cl.Nc1c(Br)cc(Br)cc1[C@H]1CNCCN1. The Morgan fingerprint density at radius 1 is 1.25 bits per heavy atom. The lowest BCUT2D eigenvalue weighted by molar-refractivity contribution is 0.431. The van der Waals surface area contributed by atoms with Crippen LogP contribution in [0.2, 0.25) is 0 Å². The molecule has 0 aromatic heterocycles. The van der Waals surface area contributed by atoms with Gasteiger partial charge in [-0.3, -0.25) is 0 Å².